The predicted octanol–water partition coefficient (Wildman–Crippen LogP) is 3.54. The Morgan fingerprint density at radius 3 is 2.36 bits per heavy atom. The quantitative estimate of drug-likeness (QED) is 0.615. The Labute approximate surface area is 150 Å². The van der Waals surface area contributed by atoms with Gasteiger partial charge in [0.15, 0.2) is 0 Å². The molecule has 6 nitrogen and oxygen atoms in total. The van der Waals surface area contributed by atoms with E-state index in [0.29, 0.717) is 23.4 Å². The van der Waals surface area contributed by atoms with E-state index < -0.39 is 23.8 Å². The van der Waals surface area contributed by atoms with E-state index >= 15 is 0 Å². The number of carbonyl (C=O) groups excluding carboxylic acids is 2. The molecular formula is C18H23NO5S. The van der Waals surface area contributed by atoms with Crippen molar-refractivity contribution in [3.8, 4) is 0 Å². The van der Waals surface area contributed by atoms with Crippen molar-refractivity contribution in [1.29, 1.82) is 0 Å². The summed E-state index contributed by atoms with van der Waals surface area (Å²) in [6.07, 6.45) is 4.04. The van der Waals surface area contributed by atoms with Gasteiger partial charge in [0, 0.05) is 4.88 Å². The van der Waals surface area contributed by atoms with Crippen LogP contribution >= 0.6 is 11.3 Å². The fraction of sp³-hybridized carbons (Fsp3) is 0.500. The van der Waals surface area contributed by atoms with Crippen LogP contribution in [-0.2, 0) is 14.3 Å². The van der Waals surface area contributed by atoms with Crippen molar-refractivity contribution >= 4 is 34.2 Å². The highest BCUT2D eigenvalue weighted by Crippen LogP contribution is 2.35. The van der Waals surface area contributed by atoms with Gasteiger partial charge in [0.25, 0.3) is 0 Å². The van der Waals surface area contributed by atoms with Gasteiger partial charge < -0.3 is 15.2 Å². The molecule has 1 aromatic heterocycles. The molecule has 1 aromatic rings. The van der Waals surface area contributed by atoms with Crippen LogP contribution in [0.5, 0.6) is 0 Å². The van der Waals surface area contributed by atoms with Crippen molar-refractivity contribution in [2.75, 3.05) is 5.32 Å². The number of amides is 1. The molecule has 7 heteroatoms. The zero-order valence-corrected chi connectivity index (χ0v) is 15.6. The Balaban J connectivity index is 2.26. The average molecular weight is 365 g/mol. The van der Waals surface area contributed by atoms with Gasteiger partial charge in [0.05, 0.1) is 23.5 Å². The van der Waals surface area contributed by atoms with E-state index in [9.17, 15) is 19.5 Å². The summed E-state index contributed by atoms with van der Waals surface area (Å²) in [5.74, 6) is -3.25. The Morgan fingerprint density at radius 2 is 1.80 bits per heavy atom. The maximum absolute atomic E-state index is 12.6. The van der Waals surface area contributed by atoms with Crippen molar-refractivity contribution in [3.63, 3.8) is 0 Å². The van der Waals surface area contributed by atoms with Crippen LogP contribution in [-0.4, -0.2) is 29.1 Å². The second-order valence-electron chi connectivity index (χ2n) is 6.42. The topological polar surface area (TPSA) is 92.7 Å². The predicted molar refractivity (Wildman–Crippen MR) is 96.0 cm³/mol. The first kappa shape index (κ1) is 19.2. The van der Waals surface area contributed by atoms with E-state index in [4.69, 9.17) is 4.74 Å². The lowest BCUT2D eigenvalue weighted by molar-refractivity contribution is -0.146. The van der Waals surface area contributed by atoms with Crippen molar-refractivity contribution in [2.24, 2.45) is 11.8 Å². The summed E-state index contributed by atoms with van der Waals surface area (Å²) in [5.41, 5.74) is 1.12. The Bertz CT molecular complexity index is 719. The first-order valence-electron chi connectivity index (χ1n) is 8.22. The molecule has 0 radical (unpaired) electrons. The van der Waals surface area contributed by atoms with Crippen LogP contribution in [0.1, 0.15) is 47.5 Å². The molecular weight excluding hydrogens is 342 g/mol. The van der Waals surface area contributed by atoms with Gasteiger partial charge >= 0.3 is 11.9 Å². The van der Waals surface area contributed by atoms with Gasteiger partial charge in [0.2, 0.25) is 5.91 Å². The lowest BCUT2D eigenvalue weighted by atomic mass is 9.82. The summed E-state index contributed by atoms with van der Waals surface area (Å²) in [4.78, 5) is 37.3. The number of hydrogen-bond donors (Lipinski definition) is 2. The third kappa shape index (κ3) is 4.28. The summed E-state index contributed by atoms with van der Waals surface area (Å²) in [7, 11) is 0. The number of aliphatic carboxylic acids is 1. The van der Waals surface area contributed by atoms with Crippen molar-refractivity contribution in [3.05, 3.63) is 28.2 Å². The van der Waals surface area contributed by atoms with Crippen molar-refractivity contribution in [2.45, 2.75) is 46.6 Å². The molecule has 1 amide bonds. The maximum atomic E-state index is 12.6. The Kier molecular flexibility index (Phi) is 6.00. The van der Waals surface area contributed by atoms with Crippen LogP contribution in [0.15, 0.2) is 12.2 Å². The van der Waals surface area contributed by atoms with Crippen LogP contribution < -0.4 is 5.32 Å². The highest BCUT2D eigenvalue weighted by Gasteiger charge is 2.35. The Hall–Kier alpha value is -2.15. The smallest absolute Gasteiger partial charge is 0.341 e. The summed E-state index contributed by atoms with van der Waals surface area (Å²) >= 11 is 1.30. The van der Waals surface area contributed by atoms with E-state index in [1.807, 2.05) is 19.9 Å². The molecule has 0 saturated carbocycles. The van der Waals surface area contributed by atoms with Crippen molar-refractivity contribution in [1.82, 2.24) is 0 Å². The molecule has 2 rings (SSSR count). The van der Waals surface area contributed by atoms with E-state index in [-0.39, 0.29) is 12.0 Å². The largest absolute Gasteiger partial charge is 0.481 e. The minimum Gasteiger partial charge on any atom is -0.481 e. The molecule has 2 atom stereocenters. The fourth-order valence-corrected chi connectivity index (χ4v) is 3.87. The number of rotatable bonds is 5. The highest BCUT2D eigenvalue weighted by molar-refractivity contribution is 7.16. The van der Waals surface area contributed by atoms with Crippen LogP contribution in [0.4, 0.5) is 5.00 Å². The van der Waals surface area contributed by atoms with Gasteiger partial charge in [-0.15, -0.1) is 11.3 Å². The van der Waals surface area contributed by atoms with E-state index in [2.05, 4.69) is 5.32 Å². The zero-order chi connectivity index (χ0) is 18.7. The molecule has 0 unspecified atom stereocenters. The number of nitrogens with one attached hydrogen (secondary N) is 1. The summed E-state index contributed by atoms with van der Waals surface area (Å²) in [6, 6.07) is 0. The van der Waals surface area contributed by atoms with E-state index in [1.54, 1.807) is 19.9 Å². The molecule has 1 heterocycles. The molecule has 0 saturated heterocycles. The third-order valence-electron chi connectivity index (χ3n) is 4.26. The summed E-state index contributed by atoms with van der Waals surface area (Å²) < 4.78 is 5.27. The number of carbonyl (C=O) groups is 3. The Morgan fingerprint density at radius 1 is 1.20 bits per heavy atom. The first-order valence-corrected chi connectivity index (χ1v) is 9.03. The number of hydrogen-bond acceptors (Lipinski definition) is 5. The number of thiophene rings is 1. The second-order valence-corrected chi connectivity index (χ2v) is 7.65. The van der Waals surface area contributed by atoms with Crippen LogP contribution in [0.3, 0.4) is 0 Å². The zero-order valence-electron chi connectivity index (χ0n) is 14.8. The molecule has 25 heavy (non-hydrogen) atoms. The summed E-state index contributed by atoms with van der Waals surface area (Å²) in [6.45, 7) is 7.19. The standard InChI is InChI=1S/C18H23NO5S/c1-9(2)24-18(23)14-10(3)11(4)25-16(14)19-15(20)12-7-5-6-8-13(12)17(21)22/h5-6,9,12-13H,7-8H2,1-4H3,(H,19,20)(H,21,22)/t12-,13+/m0/s1. The number of esters is 1. The number of ether oxygens (including phenoxy) is 1. The first-order chi connectivity index (χ1) is 11.7. The number of anilines is 1. The molecule has 1 aliphatic rings. The van der Waals surface area contributed by atoms with E-state index in [0.717, 1.165) is 10.4 Å². The third-order valence-corrected chi connectivity index (χ3v) is 5.38. The van der Waals surface area contributed by atoms with Gasteiger partial charge in [0.1, 0.15) is 5.00 Å². The fourth-order valence-electron chi connectivity index (χ4n) is 2.82. The highest BCUT2D eigenvalue weighted by atomic mass is 32.1. The average Bonchev–Trinajstić information content (AvgIpc) is 2.80. The minimum absolute atomic E-state index is 0.268. The molecule has 0 spiro atoms. The SMILES string of the molecule is Cc1sc(NC(=O)[C@H]2CC=CC[C@H]2C(=O)O)c(C(=O)OC(C)C)c1C. The maximum Gasteiger partial charge on any atom is 0.341 e. The molecule has 2 N–H and O–H groups in total. The normalized spacial score (nSPS) is 19.7. The second kappa shape index (κ2) is 7.82. The molecule has 1 aliphatic carbocycles. The monoisotopic (exact) mass is 365 g/mol. The van der Waals surface area contributed by atoms with Gasteiger partial charge in [-0.2, -0.15) is 0 Å². The van der Waals surface area contributed by atoms with Gasteiger partial charge in [-0.25, -0.2) is 4.79 Å². The summed E-state index contributed by atoms with van der Waals surface area (Å²) in [5, 5.41) is 12.5. The lowest BCUT2D eigenvalue weighted by Crippen LogP contribution is -2.34. The molecule has 0 bridgehead atoms. The van der Waals surface area contributed by atoms with Gasteiger partial charge in [-0.1, -0.05) is 12.2 Å². The van der Waals surface area contributed by atoms with Gasteiger partial charge in [-0.3, -0.25) is 9.59 Å². The lowest BCUT2D eigenvalue weighted by Gasteiger charge is -2.24. The molecule has 0 aliphatic heterocycles. The molecule has 136 valence electrons. The van der Waals surface area contributed by atoms with Crippen molar-refractivity contribution < 1.29 is 24.2 Å². The van der Waals surface area contributed by atoms with Crippen LogP contribution in [0, 0.1) is 25.7 Å². The van der Waals surface area contributed by atoms with Gasteiger partial charge in [-0.05, 0) is 46.1 Å². The molecule has 0 aromatic carbocycles. The number of allylic oxidation sites excluding steroid dienone is 2. The van der Waals surface area contributed by atoms with Crippen LogP contribution in [0.2, 0.25) is 0 Å². The van der Waals surface area contributed by atoms with E-state index in [1.165, 1.54) is 11.3 Å². The van der Waals surface area contributed by atoms with Crippen LogP contribution in [0.25, 0.3) is 0 Å². The minimum atomic E-state index is -0.984. The number of carboxylic acid groups (broad SMARTS) is 1. The number of carboxylic acids is 1. The molecule has 0 fully saturated rings. The number of aryl methyl sites for hydroxylation is 1.